The van der Waals surface area contributed by atoms with Gasteiger partial charge in [-0.2, -0.15) is 0 Å². The fraction of sp³-hybridized carbons (Fsp3) is 0.188. The number of para-hydroxylation sites is 2. The molecule has 2 rings (SSSR count). The largest absolute Gasteiger partial charge is 0.507 e. The molecule has 0 aliphatic heterocycles. The SMILES string of the molecule is CCCOc1ccccc1N=Cc1cc([N+](=O)[O-])ccc1O. The topological polar surface area (TPSA) is 85.0 Å². The molecule has 0 saturated heterocycles. The van der Waals surface area contributed by atoms with E-state index in [4.69, 9.17) is 4.74 Å². The lowest BCUT2D eigenvalue weighted by Crippen LogP contribution is -1.95. The number of rotatable bonds is 6. The minimum Gasteiger partial charge on any atom is -0.507 e. The van der Waals surface area contributed by atoms with E-state index in [9.17, 15) is 15.2 Å². The predicted molar refractivity (Wildman–Crippen MR) is 84.2 cm³/mol. The lowest BCUT2D eigenvalue weighted by atomic mass is 10.2. The summed E-state index contributed by atoms with van der Waals surface area (Å²) >= 11 is 0. The fourth-order valence-corrected chi connectivity index (χ4v) is 1.80. The third kappa shape index (κ3) is 3.82. The molecule has 2 aromatic carbocycles. The lowest BCUT2D eigenvalue weighted by molar-refractivity contribution is -0.384. The molecule has 0 aliphatic rings. The van der Waals surface area contributed by atoms with Gasteiger partial charge in [0.1, 0.15) is 17.2 Å². The highest BCUT2D eigenvalue weighted by Crippen LogP contribution is 2.28. The summed E-state index contributed by atoms with van der Waals surface area (Å²) in [6.07, 6.45) is 2.26. The van der Waals surface area contributed by atoms with Crippen molar-refractivity contribution < 1.29 is 14.8 Å². The van der Waals surface area contributed by atoms with Crippen LogP contribution in [0.5, 0.6) is 11.5 Å². The van der Waals surface area contributed by atoms with Gasteiger partial charge >= 0.3 is 0 Å². The highest BCUT2D eigenvalue weighted by molar-refractivity contribution is 5.86. The van der Waals surface area contributed by atoms with E-state index >= 15 is 0 Å². The van der Waals surface area contributed by atoms with E-state index in [2.05, 4.69) is 4.99 Å². The van der Waals surface area contributed by atoms with Crippen molar-refractivity contribution in [2.24, 2.45) is 4.99 Å². The van der Waals surface area contributed by atoms with Crippen molar-refractivity contribution in [3.05, 3.63) is 58.1 Å². The summed E-state index contributed by atoms with van der Waals surface area (Å²) in [5.74, 6) is 0.562. The maximum Gasteiger partial charge on any atom is 0.270 e. The highest BCUT2D eigenvalue weighted by atomic mass is 16.6. The second-order valence-corrected chi connectivity index (χ2v) is 4.57. The van der Waals surface area contributed by atoms with E-state index < -0.39 is 4.92 Å². The normalized spacial score (nSPS) is 10.8. The number of hydrogen-bond acceptors (Lipinski definition) is 5. The van der Waals surface area contributed by atoms with Crippen LogP contribution in [0, 0.1) is 10.1 Å². The molecule has 6 nitrogen and oxygen atoms in total. The minimum absolute atomic E-state index is 0.0682. The number of aromatic hydroxyl groups is 1. The molecule has 0 amide bonds. The molecule has 0 atom stereocenters. The van der Waals surface area contributed by atoms with Crippen molar-refractivity contribution in [3.63, 3.8) is 0 Å². The first kappa shape index (κ1) is 15.5. The van der Waals surface area contributed by atoms with Gasteiger partial charge in [0.15, 0.2) is 0 Å². The van der Waals surface area contributed by atoms with Gasteiger partial charge in [-0.3, -0.25) is 15.1 Å². The molecule has 0 heterocycles. The van der Waals surface area contributed by atoms with Crippen LogP contribution in [0.15, 0.2) is 47.5 Å². The molecule has 0 aliphatic carbocycles. The number of phenolic OH excluding ortho intramolecular Hbond substituents is 1. The Bertz CT molecular complexity index is 698. The molecule has 0 bridgehead atoms. The first-order chi connectivity index (χ1) is 10.6. The van der Waals surface area contributed by atoms with Gasteiger partial charge in [-0.1, -0.05) is 19.1 Å². The number of benzene rings is 2. The number of nitro groups is 1. The number of phenols is 1. The smallest absolute Gasteiger partial charge is 0.270 e. The van der Waals surface area contributed by atoms with E-state index in [0.717, 1.165) is 6.42 Å². The van der Waals surface area contributed by atoms with Crippen LogP contribution in [0.25, 0.3) is 0 Å². The molecular weight excluding hydrogens is 284 g/mol. The van der Waals surface area contributed by atoms with Gasteiger partial charge in [0.25, 0.3) is 5.69 Å². The van der Waals surface area contributed by atoms with Gasteiger partial charge in [-0.25, -0.2) is 0 Å². The molecule has 114 valence electrons. The molecule has 22 heavy (non-hydrogen) atoms. The Labute approximate surface area is 127 Å². The summed E-state index contributed by atoms with van der Waals surface area (Å²) in [7, 11) is 0. The standard InChI is InChI=1S/C16H16N2O4/c1-2-9-22-16-6-4-3-5-14(16)17-11-12-10-13(18(20)21)7-8-15(12)19/h3-8,10-11,19H,2,9H2,1H3. The average molecular weight is 300 g/mol. The van der Waals surface area contributed by atoms with Gasteiger partial charge in [-0.15, -0.1) is 0 Å². The second-order valence-electron chi connectivity index (χ2n) is 4.57. The van der Waals surface area contributed by atoms with Gasteiger partial charge in [-0.05, 0) is 24.6 Å². The fourth-order valence-electron chi connectivity index (χ4n) is 1.80. The first-order valence-corrected chi connectivity index (χ1v) is 6.85. The van der Waals surface area contributed by atoms with Crippen molar-refractivity contribution in [3.8, 4) is 11.5 Å². The van der Waals surface area contributed by atoms with Crippen LogP contribution in [0.3, 0.4) is 0 Å². The Morgan fingerprint density at radius 1 is 1.32 bits per heavy atom. The third-order valence-corrected chi connectivity index (χ3v) is 2.89. The van der Waals surface area contributed by atoms with Crippen LogP contribution in [0.4, 0.5) is 11.4 Å². The van der Waals surface area contributed by atoms with Crippen LogP contribution in [-0.2, 0) is 0 Å². The zero-order chi connectivity index (χ0) is 15.9. The maximum atomic E-state index is 10.8. The molecule has 0 saturated carbocycles. The minimum atomic E-state index is -0.519. The summed E-state index contributed by atoms with van der Waals surface area (Å²) in [6.45, 7) is 2.58. The molecule has 1 N–H and O–H groups in total. The van der Waals surface area contributed by atoms with Crippen molar-refractivity contribution in [1.29, 1.82) is 0 Å². The van der Waals surface area contributed by atoms with Crippen LogP contribution in [0.2, 0.25) is 0 Å². The van der Waals surface area contributed by atoms with E-state index in [1.54, 1.807) is 12.1 Å². The summed E-state index contributed by atoms with van der Waals surface area (Å²) in [4.78, 5) is 14.5. The average Bonchev–Trinajstić information content (AvgIpc) is 2.52. The second kappa shape index (κ2) is 7.21. The highest BCUT2D eigenvalue weighted by Gasteiger charge is 2.09. The van der Waals surface area contributed by atoms with Gasteiger partial charge in [0.05, 0.1) is 11.5 Å². The molecule has 0 radical (unpaired) electrons. The molecule has 0 spiro atoms. The van der Waals surface area contributed by atoms with Crippen LogP contribution >= 0.6 is 0 Å². The third-order valence-electron chi connectivity index (χ3n) is 2.89. The Hall–Kier alpha value is -2.89. The molecule has 0 aromatic heterocycles. The Balaban J connectivity index is 2.29. The van der Waals surface area contributed by atoms with Crippen molar-refractivity contribution in [2.75, 3.05) is 6.61 Å². The van der Waals surface area contributed by atoms with Gasteiger partial charge < -0.3 is 9.84 Å². The van der Waals surface area contributed by atoms with Crippen LogP contribution in [0.1, 0.15) is 18.9 Å². The Morgan fingerprint density at radius 2 is 2.09 bits per heavy atom. The molecular formula is C16H16N2O4. The van der Waals surface area contributed by atoms with E-state index in [1.165, 1.54) is 24.4 Å². The van der Waals surface area contributed by atoms with Gasteiger partial charge in [0, 0.05) is 23.9 Å². The summed E-state index contributed by atoms with van der Waals surface area (Å²) in [5.41, 5.74) is 0.774. The number of ether oxygens (including phenoxy) is 1. The van der Waals surface area contributed by atoms with E-state index in [0.29, 0.717) is 18.0 Å². The molecule has 0 fully saturated rings. The van der Waals surface area contributed by atoms with E-state index in [1.807, 2.05) is 19.1 Å². The van der Waals surface area contributed by atoms with Crippen LogP contribution in [-0.4, -0.2) is 22.9 Å². The summed E-state index contributed by atoms with van der Waals surface area (Å²) in [5, 5.41) is 20.5. The predicted octanol–water partition coefficient (Wildman–Crippen LogP) is 3.84. The molecule has 6 heteroatoms. The number of aliphatic imine (C=N–C) groups is 1. The van der Waals surface area contributed by atoms with Crippen molar-refractivity contribution in [2.45, 2.75) is 13.3 Å². The number of nitrogens with zero attached hydrogens (tertiary/aromatic N) is 2. The monoisotopic (exact) mass is 300 g/mol. The zero-order valence-electron chi connectivity index (χ0n) is 12.1. The Morgan fingerprint density at radius 3 is 2.82 bits per heavy atom. The van der Waals surface area contributed by atoms with Gasteiger partial charge in [0.2, 0.25) is 0 Å². The van der Waals surface area contributed by atoms with Crippen molar-refractivity contribution >= 4 is 17.6 Å². The maximum absolute atomic E-state index is 10.8. The molecule has 2 aromatic rings. The summed E-state index contributed by atoms with van der Waals surface area (Å²) < 4.78 is 5.58. The first-order valence-electron chi connectivity index (χ1n) is 6.85. The number of hydrogen-bond donors (Lipinski definition) is 1. The Kier molecular flexibility index (Phi) is 5.08. The zero-order valence-corrected chi connectivity index (χ0v) is 12.1. The number of non-ortho nitro benzene ring substituents is 1. The summed E-state index contributed by atoms with van der Waals surface area (Å²) in [6, 6.07) is 11.0. The van der Waals surface area contributed by atoms with E-state index in [-0.39, 0.29) is 17.0 Å². The molecule has 0 unspecified atom stereocenters. The van der Waals surface area contributed by atoms with Crippen LogP contribution < -0.4 is 4.74 Å². The van der Waals surface area contributed by atoms with Crippen molar-refractivity contribution in [1.82, 2.24) is 0 Å². The number of nitro benzene ring substituents is 1. The quantitative estimate of drug-likeness (QED) is 0.499. The lowest BCUT2D eigenvalue weighted by Gasteiger charge is -2.07.